The fourth-order valence-corrected chi connectivity index (χ4v) is 3.10. The Bertz CT molecular complexity index is 483. The average molecular weight is 321 g/mol. The maximum absolute atomic E-state index is 4.31. The number of guanidine groups is 1. The summed E-state index contributed by atoms with van der Waals surface area (Å²) in [5.41, 5.74) is 0. The molecule has 7 nitrogen and oxygen atoms in total. The monoisotopic (exact) mass is 321 g/mol. The Labute approximate surface area is 139 Å². The number of aromatic nitrogens is 3. The summed E-state index contributed by atoms with van der Waals surface area (Å²) in [5.74, 6) is 2.62. The first-order valence-corrected chi connectivity index (χ1v) is 8.80. The van der Waals surface area contributed by atoms with Gasteiger partial charge in [0.15, 0.2) is 5.96 Å². The third-order valence-electron chi connectivity index (χ3n) is 4.49. The third kappa shape index (κ3) is 5.49. The van der Waals surface area contributed by atoms with Crippen molar-refractivity contribution in [2.75, 3.05) is 39.8 Å². The minimum atomic E-state index is 0.715. The molecule has 2 rings (SSSR count). The quantitative estimate of drug-likeness (QED) is 0.572. The molecule has 0 spiro atoms. The van der Waals surface area contributed by atoms with E-state index in [4.69, 9.17) is 0 Å². The van der Waals surface area contributed by atoms with Gasteiger partial charge < -0.3 is 20.1 Å². The number of hydrogen-bond acceptors (Lipinski definition) is 4. The van der Waals surface area contributed by atoms with Crippen LogP contribution in [0.4, 0.5) is 0 Å². The molecule has 1 aromatic rings. The Kier molecular flexibility index (Phi) is 7.32. The highest BCUT2D eigenvalue weighted by molar-refractivity contribution is 5.79. The molecule has 0 bridgehead atoms. The summed E-state index contributed by atoms with van der Waals surface area (Å²) < 4.78 is 2.08. The molecule has 7 heteroatoms. The Morgan fingerprint density at radius 2 is 2.26 bits per heavy atom. The first-order chi connectivity index (χ1) is 11.3. The van der Waals surface area contributed by atoms with Crippen molar-refractivity contribution < 1.29 is 0 Å². The maximum Gasteiger partial charge on any atom is 0.191 e. The van der Waals surface area contributed by atoms with Crippen molar-refractivity contribution in [3.8, 4) is 0 Å². The molecule has 2 heterocycles. The number of aryl methyl sites for hydroxylation is 1. The van der Waals surface area contributed by atoms with E-state index in [1.165, 1.54) is 25.9 Å². The summed E-state index contributed by atoms with van der Waals surface area (Å²) in [6, 6.07) is 0. The Hall–Kier alpha value is -1.63. The highest BCUT2D eigenvalue weighted by atomic mass is 15.3. The van der Waals surface area contributed by atoms with E-state index in [0.29, 0.717) is 5.92 Å². The van der Waals surface area contributed by atoms with Crippen molar-refractivity contribution in [3.63, 3.8) is 0 Å². The van der Waals surface area contributed by atoms with Crippen molar-refractivity contribution >= 4 is 5.96 Å². The van der Waals surface area contributed by atoms with Gasteiger partial charge in [-0.3, -0.25) is 4.99 Å². The highest BCUT2D eigenvalue weighted by Gasteiger charge is 2.18. The molecule has 0 aromatic carbocycles. The number of nitrogens with zero attached hydrogens (tertiary/aromatic N) is 5. The van der Waals surface area contributed by atoms with Crippen LogP contribution in [0.3, 0.4) is 0 Å². The van der Waals surface area contributed by atoms with Crippen LogP contribution in [0.2, 0.25) is 0 Å². The van der Waals surface area contributed by atoms with E-state index >= 15 is 0 Å². The van der Waals surface area contributed by atoms with Gasteiger partial charge in [-0.15, -0.1) is 10.2 Å². The van der Waals surface area contributed by atoms with Gasteiger partial charge in [0.05, 0.1) is 0 Å². The van der Waals surface area contributed by atoms with E-state index in [-0.39, 0.29) is 0 Å². The van der Waals surface area contributed by atoms with Gasteiger partial charge >= 0.3 is 0 Å². The van der Waals surface area contributed by atoms with Crippen LogP contribution in [0.15, 0.2) is 11.3 Å². The van der Waals surface area contributed by atoms with E-state index < -0.39 is 0 Å². The average Bonchev–Trinajstić information content (AvgIpc) is 3.05. The first-order valence-electron chi connectivity index (χ1n) is 8.80. The number of hydrogen-bond donors (Lipinski definition) is 2. The lowest BCUT2D eigenvalue weighted by Crippen LogP contribution is -2.44. The van der Waals surface area contributed by atoms with Crippen molar-refractivity contribution in [1.29, 1.82) is 0 Å². The number of likely N-dealkylation sites (tertiary alicyclic amines) is 1. The van der Waals surface area contributed by atoms with Crippen LogP contribution in [-0.2, 0) is 13.0 Å². The molecule has 2 N–H and O–H groups in total. The predicted octanol–water partition coefficient (Wildman–Crippen LogP) is 0.737. The smallest absolute Gasteiger partial charge is 0.191 e. The second kappa shape index (κ2) is 9.50. The molecule has 0 aliphatic carbocycles. The molecule has 1 fully saturated rings. The molecule has 1 saturated heterocycles. The molecule has 0 amide bonds. The minimum absolute atomic E-state index is 0.715. The second-order valence-electron chi connectivity index (χ2n) is 6.08. The summed E-state index contributed by atoms with van der Waals surface area (Å²) in [5, 5.41) is 14.9. The summed E-state index contributed by atoms with van der Waals surface area (Å²) in [6.45, 7) is 10.6. The standard InChI is InChI=1S/C16H31N7/c1-4-15-21-20-13-23(15)10-8-18-16(17-3)19-11-14-7-6-9-22(5-2)12-14/h13-14H,4-12H2,1-3H3,(H2,17,18,19). The number of aliphatic imine (C=N–C) groups is 1. The molecular weight excluding hydrogens is 290 g/mol. The Morgan fingerprint density at radius 1 is 1.39 bits per heavy atom. The SMILES string of the molecule is CCc1nncn1CCNC(=NC)NCC1CCCN(CC)C1. The molecule has 23 heavy (non-hydrogen) atoms. The lowest BCUT2D eigenvalue weighted by atomic mass is 9.98. The fraction of sp³-hybridized carbons (Fsp3) is 0.812. The van der Waals surface area contributed by atoms with E-state index in [1.807, 2.05) is 7.05 Å². The first kappa shape index (κ1) is 17.7. The number of rotatable bonds is 7. The van der Waals surface area contributed by atoms with Gasteiger partial charge in [-0.25, -0.2) is 0 Å². The molecule has 130 valence electrons. The van der Waals surface area contributed by atoms with Gasteiger partial charge in [0.25, 0.3) is 0 Å². The summed E-state index contributed by atoms with van der Waals surface area (Å²) >= 11 is 0. The van der Waals surface area contributed by atoms with Crippen LogP contribution in [0.5, 0.6) is 0 Å². The van der Waals surface area contributed by atoms with E-state index in [2.05, 4.69) is 49.1 Å². The predicted molar refractivity (Wildman–Crippen MR) is 93.6 cm³/mol. The van der Waals surface area contributed by atoms with Crippen LogP contribution in [0.1, 0.15) is 32.5 Å². The number of nitrogens with one attached hydrogen (secondary N) is 2. The molecule has 1 aromatic heterocycles. The van der Waals surface area contributed by atoms with Crippen molar-refractivity contribution in [2.24, 2.45) is 10.9 Å². The van der Waals surface area contributed by atoms with Gasteiger partial charge in [-0.05, 0) is 31.8 Å². The van der Waals surface area contributed by atoms with Crippen molar-refractivity contribution in [1.82, 2.24) is 30.3 Å². The lowest BCUT2D eigenvalue weighted by molar-refractivity contribution is 0.183. The second-order valence-corrected chi connectivity index (χ2v) is 6.08. The highest BCUT2D eigenvalue weighted by Crippen LogP contribution is 2.14. The van der Waals surface area contributed by atoms with Gasteiger partial charge in [0.2, 0.25) is 0 Å². The summed E-state index contributed by atoms with van der Waals surface area (Å²) in [4.78, 5) is 6.85. The van der Waals surface area contributed by atoms with Crippen LogP contribution < -0.4 is 10.6 Å². The zero-order chi connectivity index (χ0) is 16.5. The molecule has 0 radical (unpaired) electrons. The van der Waals surface area contributed by atoms with Gasteiger partial charge in [-0.1, -0.05) is 13.8 Å². The molecular formula is C16H31N7. The molecule has 1 atom stereocenters. The third-order valence-corrected chi connectivity index (χ3v) is 4.49. The van der Waals surface area contributed by atoms with E-state index in [9.17, 15) is 0 Å². The Morgan fingerprint density at radius 3 is 3.00 bits per heavy atom. The van der Waals surface area contributed by atoms with E-state index in [0.717, 1.165) is 44.4 Å². The van der Waals surface area contributed by atoms with E-state index in [1.54, 1.807) is 6.33 Å². The van der Waals surface area contributed by atoms with Gasteiger partial charge in [0, 0.05) is 39.6 Å². The number of piperidine rings is 1. The zero-order valence-corrected chi connectivity index (χ0v) is 14.8. The topological polar surface area (TPSA) is 70.4 Å². The van der Waals surface area contributed by atoms with Crippen LogP contribution in [0.25, 0.3) is 0 Å². The zero-order valence-electron chi connectivity index (χ0n) is 14.8. The molecule has 1 aliphatic rings. The van der Waals surface area contributed by atoms with Crippen LogP contribution in [0, 0.1) is 5.92 Å². The molecule has 0 saturated carbocycles. The summed E-state index contributed by atoms with van der Waals surface area (Å²) in [7, 11) is 1.82. The summed E-state index contributed by atoms with van der Waals surface area (Å²) in [6.07, 6.45) is 5.31. The largest absolute Gasteiger partial charge is 0.356 e. The molecule has 1 unspecified atom stereocenters. The Balaban J connectivity index is 1.69. The maximum atomic E-state index is 4.31. The van der Waals surface area contributed by atoms with Gasteiger partial charge in [-0.2, -0.15) is 0 Å². The van der Waals surface area contributed by atoms with Crippen molar-refractivity contribution in [2.45, 2.75) is 39.7 Å². The molecule has 1 aliphatic heterocycles. The van der Waals surface area contributed by atoms with Crippen molar-refractivity contribution in [3.05, 3.63) is 12.2 Å². The van der Waals surface area contributed by atoms with Gasteiger partial charge in [0.1, 0.15) is 12.2 Å². The van der Waals surface area contributed by atoms with Crippen LogP contribution in [-0.4, -0.2) is 65.4 Å². The minimum Gasteiger partial charge on any atom is -0.356 e. The fourth-order valence-electron chi connectivity index (χ4n) is 3.10. The van der Waals surface area contributed by atoms with Crippen LogP contribution >= 0.6 is 0 Å². The normalized spacial score (nSPS) is 19.8. The lowest BCUT2D eigenvalue weighted by Gasteiger charge is -2.32.